The summed E-state index contributed by atoms with van der Waals surface area (Å²) >= 11 is 0. The number of aromatic carboxylic acids is 1. The molecule has 1 aromatic carbocycles. The highest BCUT2D eigenvalue weighted by Crippen LogP contribution is 2.30. The highest BCUT2D eigenvalue weighted by Gasteiger charge is 2.31. The van der Waals surface area contributed by atoms with Crippen LogP contribution < -0.4 is 0 Å². The third-order valence-electron chi connectivity index (χ3n) is 4.10. The number of nitrogens with one attached hydrogen (secondary N) is 1. The van der Waals surface area contributed by atoms with Gasteiger partial charge < -0.3 is 5.11 Å². The van der Waals surface area contributed by atoms with Crippen LogP contribution in [0.5, 0.6) is 0 Å². The van der Waals surface area contributed by atoms with Gasteiger partial charge in [0.05, 0.1) is 11.8 Å². The quantitative estimate of drug-likeness (QED) is 0.885. The fourth-order valence-electron chi connectivity index (χ4n) is 2.89. The number of carboxylic acids is 1. The van der Waals surface area contributed by atoms with Crippen LogP contribution in [0, 0.1) is 0 Å². The summed E-state index contributed by atoms with van der Waals surface area (Å²) in [5, 5.41) is 15.3. The number of carbonyl (C=O) groups is 1. The average Bonchev–Trinajstić information content (AvgIpc) is 3.10. The van der Waals surface area contributed by atoms with Crippen LogP contribution in [0.3, 0.4) is 0 Å². The van der Waals surface area contributed by atoms with Crippen molar-refractivity contribution in [2.24, 2.45) is 0 Å². The Morgan fingerprint density at radius 2 is 2.22 bits per heavy atom. The monoisotopic (exact) mass is 335 g/mol. The summed E-state index contributed by atoms with van der Waals surface area (Å²) in [5.41, 5.74) is 1.08. The van der Waals surface area contributed by atoms with E-state index in [0.717, 1.165) is 18.4 Å². The maximum atomic E-state index is 12.6. The number of benzene rings is 1. The zero-order valence-electron chi connectivity index (χ0n) is 12.3. The maximum absolute atomic E-state index is 12.6. The van der Waals surface area contributed by atoms with Gasteiger partial charge in [0.15, 0.2) is 0 Å². The topological polar surface area (TPSA) is 103 Å². The predicted octanol–water partition coefficient (Wildman–Crippen LogP) is 1.68. The molecule has 2 heterocycles. The molecule has 0 amide bonds. The molecule has 0 bridgehead atoms. The SMILES string of the molecule is O=C(O)c1cccc([C@@H]2CCCN(S(=O)(=O)c3cn[nH]c3)C2)c1. The molecule has 0 spiro atoms. The molecule has 122 valence electrons. The van der Waals surface area contributed by atoms with Gasteiger partial charge in [0.25, 0.3) is 0 Å². The molecule has 0 saturated carbocycles. The molecule has 8 heteroatoms. The number of H-pyrrole nitrogens is 1. The Balaban J connectivity index is 1.84. The van der Waals surface area contributed by atoms with Gasteiger partial charge in [-0.05, 0) is 36.5 Å². The van der Waals surface area contributed by atoms with E-state index in [1.807, 2.05) is 6.07 Å². The van der Waals surface area contributed by atoms with Gasteiger partial charge in [-0.2, -0.15) is 9.40 Å². The lowest BCUT2D eigenvalue weighted by molar-refractivity contribution is 0.0696. The van der Waals surface area contributed by atoms with Crippen molar-refractivity contribution in [3.63, 3.8) is 0 Å². The van der Waals surface area contributed by atoms with Crippen molar-refractivity contribution in [1.29, 1.82) is 0 Å². The van der Waals surface area contributed by atoms with Crippen molar-refractivity contribution < 1.29 is 18.3 Å². The number of piperidine rings is 1. The second-order valence-corrected chi connectivity index (χ2v) is 7.50. The van der Waals surface area contributed by atoms with Crippen LogP contribution in [0.15, 0.2) is 41.6 Å². The van der Waals surface area contributed by atoms with Gasteiger partial charge in [-0.15, -0.1) is 0 Å². The smallest absolute Gasteiger partial charge is 0.335 e. The van der Waals surface area contributed by atoms with E-state index in [-0.39, 0.29) is 16.4 Å². The van der Waals surface area contributed by atoms with Gasteiger partial charge >= 0.3 is 5.97 Å². The minimum Gasteiger partial charge on any atom is -0.478 e. The molecule has 7 nitrogen and oxygen atoms in total. The first-order chi connectivity index (χ1) is 11.0. The number of carboxylic acid groups (broad SMARTS) is 1. The third-order valence-corrected chi connectivity index (χ3v) is 5.93. The fraction of sp³-hybridized carbons (Fsp3) is 0.333. The number of rotatable bonds is 4. The summed E-state index contributed by atoms with van der Waals surface area (Å²) in [6, 6.07) is 6.71. The lowest BCUT2D eigenvalue weighted by Gasteiger charge is -2.32. The lowest BCUT2D eigenvalue weighted by atomic mass is 9.91. The minimum absolute atomic E-state index is 0.00951. The number of aromatic nitrogens is 2. The Hall–Kier alpha value is -2.19. The van der Waals surface area contributed by atoms with Crippen molar-refractivity contribution in [3.05, 3.63) is 47.8 Å². The van der Waals surface area contributed by atoms with Crippen LogP contribution >= 0.6 is 0 Å². The first kappa shape index (κ1) is 15.7. The molecule has 1 aromatic heterocycles. The molecule has 0 aliphatic carbocycles. The molecule has 0 radical (unpaired) electrons. The van der Waals surface area contributed by atoms with E-state index in [4.69, 9.17) is 5.11 Å². The summed E-state index contributed by atoms with van der Waals surface area (Å²) < 4.78 is 26.6. The van der Waals surface area contributed by atoms with E-state index >= 15 is 0 Å². The van der Waals surface area contributed by atoms with Crippen molar-refractivity contribution in [3.8, 4) is 0 Å². The van der Waals surface area contributed by atoms with Gasteiger partial charge in [0.1, 0.15) is 4.90 Å². The third kappa shape index (κ3) is 3.13. The molecular weight excluding hydrogens is 318 g/mol. The van der Waals surface area contributed by atoms with Gasteiger partial charge in [-0.3, -0.25) is 5.10 Å². The number of sulfonamides is 1. The predicted molar refractivity (Wildman–Crippen MR) is 82.7 cm³/mol. The largest absolute Gasteiger partial charge is 0.478 e. The summed E-state index contributed by atoms with van der Waals surface area (Å²) in [6.07, 6.45) is 4.23. The van der Waals surface area contributed by atoms with E-state index in [1.165, 1.54) is 22.8 Å². The molecule has 23 heavy (non-hydrogen) atoms. The summed E-state index contributed by atoms with van der Waals surface area (Å²) in [4.78, 5) is 11.2. The highest BCUT2D eigenvalue weighted by molar-refractivity contribution is 7.89. The van der Waals surface area contributed by atoms with Crippen molar-refractivity contribution in [2.75, 3.05) is 13.1 Å². The molecule has 1 aliphatic heterocycles. The normalized spacial score (nSPS) is 19.6. The molecule has 1 fully saturated rings. The summed E-state index contributed by atoms with van der Waals surface area (Å²) in [6.45, 7) is 0.805. The Kier molecular flexibility index (Phi) is 4.18. The molecule has 0 unspecified atom stereocenters. The molecule has 3 rings (SSSR count). The van der Waals surface area contributed by atoms with Gasteiger partial charge in [-0.25, -0.2) is 13.2 Å². The second kappa shape index (κ2) is 6.13. The second-order valence-electron chi connectivity index (χ2n) is 5.57. The minimum atomic E-state index is -3.56. The number of aromatic amines is 1. The summed E-state index contributed by atoms with van der Waals surface area (Å²) in [5.74, 6) is -0.990. The van der Waals surface area contributed by atoms with Crippen LogP contribution in [0.4, 0.5) is 0 Å². The Morgan fingerprint density at radius 3 is 2.91 bits per heavy atom. The van der Waals surface area contributed by atoms with Crippen LogP contribution in [0.25, 0.3) is 0 Å². The molecule has 1 aliphatic rings. The molecular formula is C15H17N3O4S. The van der Waals surface area contributed by atoms with E-state index in [1.54, 1.807) is 12.1 Å². The Morgan fingerprint density at radius 1 is 1.39 bits per heavy atom. The van der Waals surface area contributed by atoms with Crippen LogP contribution in [-0.4, -0.2) is 47.1 Å². The first-order valence-electron chi connectivity index (χ1n) is 7.30. The Bertz CT molecular complexity index is 802. The number of hydrogen-bond donors (Lipinski definition) is 2. The van der Waals surface area contributed by atoms with Crippen LogP contribution in [-0.2, 0) is 10.0 Å². The van der Waals surface area contributed by atoms with Crippen LogP contribution in [0.2, 0.25) is 0 Å². The van der Waals surface area contributed by atoms with E-state index in [2.05, 4.69) is 10.2 Å². The highest BCUT2D eigenvalue weighted by atomic mass is 32.2. The number of hydrogen-bond acceptors (Lipinski definition) is 4. The van der Waals surface area contributed by atoms with E-state index < -0.39 is 16.0 Å². The van der Waals surface area contributed by atoms with Crippen LogP contribution in [0.1, 0.15) is 34.7 Å². The zero-order valence-corrected chi connectivity index (χ0v) is 13.2. The molecule has 1 atom stereocenters. The zero-order chi connectivity index (χ0) is 16.4. The average molecular weight is 335 g/mol. The molecule has 1 saturated heterocycles. The van der Waals surface area contributed by atoms with Gasteiger partial charge in [0.2, 0.25) is 10.0 Å². The first-order valence-corrected chi connectivity index (χ1v) is 8.74. The van der Waals surface area contributed by atoms with Crippen molar-refractivity contribution in [2.45, 2.75) is 23.7 Å². The number of nitrogens with zero attached hydrogens (tertiary/aromatic N) is 2. The molecule has 2 aromatic rings. The standard InChI is InChI=1S/C15H17N3O4S/c19-15(20)12-4-1-3-11(7-12)13-5-2-6-18(10-13)23(21,22)14-8-16-17-9-14/h1,3-4,7-9,13H,2,5-6,10H2,(H,16,17)(H,19,20)/t13-/m1/s1. The van der Waals surface area contributed by atoms with E-state index in [0.29, 0.717) is 13.1 Å². The summed E-state index contributed by atoms with van der Waals surface area (Å²) in [7, 11) is -3.56. The molecule has 2 N–H and O–H groups in total. The maximum Gasteiger partial charge on any atom is 0.335 e. The van der Waals surface area contributed by atoms with E-state index in [9.17, 15) is 13.2 Å². The fourth-order valence-corrected chi connectivity index (χ4v) is 4.32. The lowest BCUT2D eigenvalue weighted by Crippen LogP contribution is -2.39. The van der Waals surface area contributed by atoms with Gasteiger partial charge in [-0.1, -0.05) is 12.1 Å². The van der Waals surface area contributed by atoms with Gasteiger partial charge in [0, 0.05) is 19.3 Å². The van der Waals surface area contributed by atoms with Crippen molar-refractivity contribution >= 4 is 16.0 Å². The van der Waals surface area contributed by atoms with Crippen molar-refractivity contribution in [1.82, 2.24) is 14.5 Å². The Labute approximate surface area is 134 Å².